The molecule has 1 aromatic carbocycles. The maximum atomic E-state index is 13.7. The molecule has 0 bridgehead atoms. The minimum Gasteiger partial charge on any atom is -0.342 e. The quantitative estimate of drug-likeness (QED) is 0.846. The fourth-order valence-electron chi connectivity index (χ4n) is 2.48. The zero-order valence-corrected chi connectivity index (χ0v) is 13.2. The molecule has 7 nitrogen and oxygen atoms in total. The van der Waals surface area contributed by atoms with E-state index in [0.29, 0.717) is 26.2 Å². The molecule has 2 heterocycles. The lowest BCUT2D eigenvalue weighted by molar-refractivity contribution is -0.119. The molecule has 0 radical (unpaired) electrons. The highest BCUT2D eigenvalue weighted by Crippen LogP contribution is 2.22. The van der Waals surface area contributed by atoms with E-state index in [0.717, 1.165) is 24.9 Å². The van der Waals surface area contributed by atoms with Gasteiger partial charge in [0.2, 0.25) is 6.41 Å². The van der Waals surface area contributed by atoms with E-state index in [-0.39, 0.29) is 23.1 Å². The standard InChI is InChI=1S/C16H15F2N5O2/c17-11-2-1-3-12(18)15(11)21-14-8-13(19-9-20-14)16(25)23-6-4-22(10-24)5-7-23/h1-3,8-10H,4-7H2,(H,19,20,21). The van der Waals surface area contributed by atoms with Crippen molar-refractivity contribution >= 4 is 23.8 Å². The smallest absolute Gasteiger partial charge is 0.272 e. The summed E-state index contributed by atoms with van der Waals surface area (Å²) in [4.78, 5) is 34.2. The zero-order valence-electron chi connectivity index (χ0n) is 13.2. The molecule has 0 unspecified atom stereocenters. The molecule has 2 amide bonds. The van der Waals surface area contributed by atoms with Crippen LogP contribution in [-0.2, 0) is 4.79 Å². The summed E-state index contributed by atoms with van der Waals surface area (Å²) in [6, 6.07) is 4.82. The van der Waals surface area contributed by atoms with Gasteiger partial charge in [-0.1, -0.05) is 6.07 Å². The second-order valence-electron chi connectivity index (χ2n) is 5.44. The van der Waals surface area contributed by atoms with E-state index in [2.05, 4.69) is 15.3 Å². The van der Waals surface area contributed by atoms with Crippen molar-refractivity contribution in [2.75, 3.05) is 31.5 Å². The van der Waals surface area contributed by atoms with Crippen molar-refractivity contribution < 1.29 is 18.4 Å². The second-order valence-corrected chi connectivity index (χ2v) is 5.44. The number of hydrogen-bond acceptors (Lipinski definition) is 5. The van der Waals surface area contributed by atoms with Gasteiger partial charge in [0, 0.05) is 32.2 Å². The highest BCUT2D eigenvalue weighted by Gasteiger charge is 2.22. The van der Waals surface area contributed by atoms with Crippen LogP contribution in [0.4, 0.5) is 20.3 Å². The van der Waals surface area contributed by atoms with E-state index in [1.807, 2.05) is 0 Å². The normalized spacial score (nSPS) is 14.3. The van der Waals surface area contributed by atoms with Crippen LogP contribution in [0, 0.1) is 11.6 Å². The van der Waals surface area contributed by atoms with Crippen LogP contribution in [0.2, 0.25) is 0 Å². The summed E-state index contributed by atoms with van der Waals surface area (Å²) in [5, 5.41) is 2.53. The number of nitrogens with one attached hydrogen (secondary N) is 1. The van der Waals surface area contributed by atoms with Gasteiger partial charge in [0.25, 0.3) is 5.91 Å². The van der Waals surface area contributed by atoms with Crippen LogP contribution < -0.4 is 5.32 Å². The molecule has 3 rings (SSSR count). The van der Waals surface area contributed by atoms with Crippen LogP contribution in [0.3, 0.4) is 0 Å². The van der Waals surface area contributed by atoms with Crippen LogP contribution in [0.1, 0.15) is 10.5 Å². The minimum atomic E-state index is -0.767. The van der Waals surface area contributed by atoms with E-state index in [9.17, 15) is 18.4 Å². The number of nitrogens with zero attached hydrogens (tertiary/aromatic N) is 4. The van der Waals surface area contributed by atoms with Crippen molar-refractivity contribution in [2.24, 2.45) is 0 Å². The Morgan fingerprint density at radius 3 is 2.44 bits per heavy atom. The molecule has 1 aliphatic rings. The van der Waals surface area contributed by atoms with Gasteiger partial charge in [0.15, 0.2) is 0 Å². The molecule has 1 N–H and O–H groups in total. The molecule has 1 aliphatic heterocycles. The van der Waals surface area contributed by atoms with Crippen LogP contribution in [0.5, 0.6) is 0 Å². The number of halogens is 2. The van der Waals surface area contributed by atoms with Gasteiger partial charge in [0.05, 0.1) is 0 Å². The lowest BCUT2D eigenvalue weighted by Crippen LogP contribution is -2.48. The summed E-state index contributed by atoms with van der Waals surface area (Å²) in [6.07, 6.45) is 1.90. The molecule has 0 spiro atoms. The predicted molar refractivity (Wildman–Crippen MR) is 85.2 cm³/mol. The molecule has 0 saturated carbocycles. The molecular formula is C16H15F2N5O2. The Morgan fingerprint density at radius 1 is 1.12 bits per heavy atom. The van der Waals surface area contributed by atoms with E-state index >= 15 is 0 Å². The SMILES string of the molecule is O=CN1CCN(C(=O)c2cc(Nc3c(F)cccc3F)ncn2)CC1. The van der Waals surface area contributed by atoms with Crippen LogP contribution in [0.25, 0.3) is 0 Å². The highest BCUT2D eigenvalue weighted by atomic mass is 19.1. The molecule has 9 heteroatoms. The van der Waals surface area contributed by atoms with Gasteiger partial charge in [-0.2, -0.15) is 0 Å². The number of piperazine rings is 1. The van der Waals surface area contributed by atoms with Crippen LogP contribution >= 0.6 is 0 Å². The molecule has 2 aromatic rings. The highest BCUT2D eigenvalue weighted by molar-refractivity contribution is 5.93. The maximum absolute atomic E-state index is 13.7. The number of anilines is 2. The number of carbonyl (C=O) groups excluding carboxylic acids is 2. The fraction of sp³-hybridized carbons (Fsp3) is 0.250. The molecule has 1 fully saturated rings. The average molecular weight is 347 g/mol. The van der Waals surface area contributed by atoms with E-state index < -0.39 is 11.6 Å². The van der Waals surface area contributed by atoms with Gasteiger partial charge >= 0.3 is 0 Å². The Hall–Kier alpha value is -3.10. The van der Waals surface area contributed by atoms with Crippen molar-refractivity contribution in [1.82, 2.24) is 19.8 Å². The number of hydrogen-bond donors (Lipinski definition) is 1. The monoisotopic (exact) mass is 347 g/mol. The summed E-state index contributed by atoms with van der Waals surface area (Å²) >= 11 is 0. The van der Waals surface area contributed by atoms with Gasteiger partial charge in [-0.15, -0.1) is 0 Å². The summed E-state index contributed by atoms with van der Waals surface area (Å²) < 4.78 is 27.4. The maximum Gasteiger partial charge on any atom is 0.272 e. The topological polar surface area (TPSA) is 78.4 Å². The Bertz CT molecular complexity index is 774. The Kier molecular flexibility index (Phi) is 4.82. The minimum absolute atomic E-state index is 0.105. The summed E-state index contributed by atoms with van der Waals surface area (Å²) in [6.45, 7) is 1.69. The summed E-state index contributed by atoms with van der Waals surface area (Å²) in [7, 11) is 0. The molecule has 1 aromatic heterocycles. The Labute approximate surface area is 142 Å². The number of carbonyl (C=O) groups is 2. The molecule has 0 aliphatic carbocycles. The summed E-state index contributed by atoms with van der Waals surface area (Å²) in [5.74, 6) is -1.76. The van der Waals surface area contributed by atoms with Crippen LogP contribution in [0.15, 0.2) is 30.6 Å². The van der Waals surface area contributed by atoms with Gasteiger partial charge in [-0.05, 0) is 12.1 Å². The van der Waals surface area contributed by atoms with Gasteiger partial charge in [-0.25, -0.2) is 18.7 Å². The Morgan fingerprint density at radius 2 is 1.80 bits per heavy atom. The third-order valence-electron chi connectivity index (χ3n) is 3.85. The van der Waals surface area contributed by atoms with Gasteiger partial charge in [-0.3, -0.25) is 9.59 Å². The van der Waals surface area contributed by atoms with Crippen LogP contribution in [-0.4, -0.2) is 58.3 Å². The average Bonchev–Trinajstić information content (AvgIpc) is 2.64. The van der Waals surface area contributed by atoms with Crippen molar-refractivity contribution in [3.05, 3.63) is 47.9 Å². The lowest BCUT2D eigenvalue weighted by atomic mass is 10.2. The first-order valence-electron chi connectivity index (χ1n) is 7.60. The Balaban J connectivity index is 1.75. The number of amides is 2. The van der Waals surface area contributed by atoms with Crippen molar-refractivity contribution in [1.29, 1.82) is 0 Å². The molecule has 1 saturated heterocycles. The zero-order chi connectivity index (χ0) is 17.8. The number of para-hydroxylation sites is 1. The summed E-state index contributed by atoms with van der Waals surface area (Å²) in [5.41, 5.74) is -0.243. The van der Waals surface area contributed by atoms with E-state index in [4.69, 9.17) is 0 Å². The molecular weight excluding hydrogens is 332 g/mol. The first kappa shape index (κ1) is 16.7. The van der Waals surface area contributed by atoms with Gasteiger partial charge in [0.1, 0.15) is 35.2 Å². The van der Waals surface area contributed by atoms with Crippen molar-refractivity contribution in [3.63, 3.8) is 0 Å². The van der Waals surface area contributed by atoms with E-state index in [1.165, 1.54) is 12.1 Å². The number of aromatic nitrogens is 2. The van der Waals surface area contributed by atoms with E-state index in [1.54, 1.807) is 9.80 Å². The number of rotatable bonds is 4. The molecule has 0 atom stereocenters. The van der Waals surface area contributed by atoms with Gasteiger partial charge < -0.3 is 15.1 Å². The first-order valence-corrected chi connectivity index (χ1v) is 7.60. The first-order chi connectivity index (χ1) is 12.1. The predicted octanol–water partition coefficient (Wildman–Crippen LogP) is 1.41. The largest absolute Gasteiger partial charge is 0.342 e. The van der Waals surface area contributed by atoms with Crippen molar-refractivity contribution in [2.45, 2.75) is 0 Å². The lowest BCUT2D eigenvalue weighted by Gasteiger charge is -2.32. The number of benzene rings is 1. The molecule has 130 valence electrons. The van der Waals surface area contributed by atoms with Crippen molar-refractivity contribution in [3.8, 4) is 0 Å². The second kappa shape index (κ2) is 7.20. The third-order valence-corrected chi connectivity index (χ3v) is 3.85. The molecule has 25 heavy (non-hydrogen) atoms. The fourth-order valence-corrected chi connectivity index (χ4v) is 2.48. The third kappa shape index (κ3) is 3.70.